The first-order valence-electron chi connectivity index (χ1n) is 7.34. The highest BCUT2D eigenvalue weighted by atomic mass is 16.3. The molecular formula is C16H20N4O. The zero-order chi connectivity index (χ0) is 14.9. The van der Waals surface area contributed by atoms with Crippen molar-refractivity contribution in [3.05, 3.63) is 36.2 Å². The van der Waals surface area contributed by atoms with E-state index in [-0.39, 0.29) is 0 Å². The first-order chi connectivity index (χ1) is 10.1. The minimum atomic E-state index is -0.636. The van der Waals surface area contributed by atoms with Gasteiger partial charge < -0.3 is 10.0 Å². The minimum Gasteiger partial charge on any atom is -0.388 e. The van der Waals surface area contributed by atoms with Crippen LogP contribution in [0.15, 0.2) is 30.5 Å². The second-order valence-corrected chi connectivity index (χ2v) is 5.78. The normalized spacial score (nSPS) is 21.8. The molecule has 1 aliphatic heterocycles. The largest absolute Gasteiger partial charge is 0.388 e. The first-order valence-corrected chi connectivity index (χ1v) is 7.34. The van der Waals surface area contributed by atoms with E-state index in [2.05, 4.69) is 26.8 Å². The lowest BCUT2D eigenvalue weighted by atomic mass is 10.1. The zero-order valence-corrected chi connectivity index (χ0v) is 12.5. The van der Waals surface area contributed by atoms with E-state index in [9.17, 15) is 5.11 Å². The molecule has 5 heteroatoms. The predicted octanol–water partition coefficient (Wildman–Crippen LogP) is 2.06. The van der Waals surface area contributed by atoms with Crippen LogP contribution in [0.25, 0.3) is 11.5 Å². The van der Waals surface area contributed by atoms with Crippen molar-refractivity contribution in [2.45, 2.75) is 32.3 Å². The van der Waals surface area contributed by atoms with Crippen LogP contribution in [0, 0.1) is 0 Å². The third-order valence-electron chi connectivity index (χ3n) is 3.80. The van der Waals surface area contributed by atoms with Gasteiger partial charge in [0.1, 0.15) is 11.5 Å². The Bertz CT molecular complexity index is 627. The number of anilines is 1. The molecule has 1 N–H and O–H groups in total. The third-order valence-corrected chi connectivity index (χ3v) is 3.80. The van der Waals surface area contributed by atoms with Crippen molar-refractivity contribution < 1.29 is 5.11 Å². The van der Waals surface area contributed by atoms with E-state index < -0.39 is 5.60 Å². The van der Waals surface area contributed by atoms with Crippen molar-refractivity contribution in [2.24, 2.45) is 0 Å². The highest BCUT2D eigenvalue weighted by Crippen LogP contribution is 2.27. The average Bonchev–Trinajstić information content (AvgIpc) is 2.88. The summed E-state index contributed by atoms with van der Waals surface area (Å²) in [5.41, 5.74) is 1.13. The predicted molar refractivity (Wildman–Crippen MR) is 82.1 cm³/mol. The van der Waals surface area contributed by atoms with Crippen molar-refractivity contribution >= 4 is 5.82 Å². The molecule has 2 aromatic rings. The number of aromatic nitrogens is 3. The number of nitrogens with zero attached hydrogens (tertiary/aromatic N) is 4. The molecule has 0 aromatic carbocycles. The Labute approximate surface area is 124 Å². The van der Waals surface area contributed by atoms with Crippen LogP contribution in [0.3, 0.4) is 0 Å². The van der Waals surface area contributed by atoms with E-state index in [1.54, 1.807) is 6.20 Å². The minimum absolute atomic E-state index is 0.606. The summed E-state index contributed by atoms with van der Waals surface area (Å²) in [5.74, 6) is 1.52. The molecule has 1 aliphatic rings. The molecule has 21 heavy (non-hydrogen) atoms. The number of hydrogen-bond donors (Lipinski definition) is 1. The Morgan fingerprint density at radius 2 is 2.19 bits per heavy atom. The number of pyridine rings is 1. The van der Waals surface area contributed by atoms with Crippen LogP contribution in [0.1, 0.15) is 26.0 Å². The number of aliphatic hydroxyl groups is 1. The SMILES string of the molecule is CCc1cc(N2CCC(C)(O)C2)nc(-c2ccccn2)n1. The maximum atomic E-state index is 10.1. The van der Waals surface area contributed by atoms with Gasteiger partial charge in [-0.1, -0.05) is 13.0 Å². The Morgan fingerprint density at radius 3 is 2.81 bits per heavy atom. The Hall–Kier alpha value is -2.01. The van der Waals surface area contributed by atoms with Gasteiger partial charge in [0, 0.05) is 31.0 Å². The van der Waals surface area contributed by atoms with E-state index in [4.69, 9.17) is 0 Å². The fraction of sp³-hybridized carbons (Fsp3) is 0.438. The van der Waals surface area contributed by atoms with E-state index >= 15 is 0 Å². The number of β-amino-alcohol motifs (C(OH)–C–C–N with tert-alkyl or cyclic N) is 1. The van der Waals surface area contributed by atoms with Crippen LogP contribution in [-0.4, -0.2) is 38.7 Å². The molecule has 0 amide bonds. The topological polar surface area (TPSA) is 62.1 Å². The average molecular weight is 284 g/mol. The summed E-state index contributed by atoms with van der Waals surface area (Å²) >= 11 is 0. The standard InChI is InChI=1S/C16H20N4O/c1-3-12-10-14(20-9-7-16(2,21)11-20)19-15(18-12)13-6-4-5-8-17-13/h4-6,8,10,21H,3,7,9,11H2,1-2H3. The van der Waals surface area contributed by atoms with Gasteiger partial charge in [-0.05, 0) is 31.9 Å². The second-order valence-electron chi connectivity index (χ2n) is 5.78. The number of rotatable bonds is 3. The Balaban J connectivity index is 1.98. The van der Waals surface area contributed by atoms with Gasteiger partial charge in [-0.15, -0.1) is 0 Å². The summed E-state index contributed by atoms with van der Waals surface area (Å²) < 4.78 is 0. The summed E-state index contributed by atoms with van der Waals surface area (Å²) in [6, 6.07) is 7.74. The van der Waals surface area contributed by atoms with Gasteiger partial charge in [0.25, 0.3) is 0 Å². The fourth-order valence-corrected chi connectivity index (χ4v) is 2.58. The molecule has 1 unspecified atom stereocenters. The van der Waals surface area contributed by atoms with Gasteiger partial charge in [-0.3, -0.25) is 4.98 Å². The maximum Gasteiger partial charge on any atom is 0.180 e. The van der Waals surface area contributed by atoms with Gasteiger partial charge >= 0.3 is 0 Å². The fourth-order valence-electron chi connectivity index (χ4n) is 2.58. The van der Waals surface area contributed by atoms with Crippen LogP contribution in [-0.2, 0) is 6.42 Å². The van der Waals surface area contributed by atoms with Crippen LogP contribution < -0.4 is 4.90 Å². The quantitative estimate of drug-likeness (QED) is 0.934. The molecule has 2 aromatic heterocycles. The molecule has 0 radical (unpaired) electrons. The van der Waals surface area contributed by atoms with Crippen molar-refractivity contribution in [1.29, 1.82) is 0 Å². The van der Waals surface area contributed by atoms with E-state index in [1.807, 2.05) is 31.2 Å². The van der Waals surface area contributed by atoms with Gasteiger partial charge in [-0.2, -0.15) is 0 Å². The summed E-state index contributed by atoms with van der Waals surface area (Å²) in [7, 11) is 0. The zero-order valence-electron chi connectivity index (χ0n) is 12.5. The molecule has 1 fully saturated rings. The van der Waals surface area contributed by atoms with Crippen molar-refractivity contribution in [3.8, 4) is 11.5 Å². The summed E-state index contributed by atoms with van der Waals surface area (Å²) in [4.78, 5) is 15.7. The summed E-state index contributed by atoms with van der Waals surface area (Å²) in [6.45, 7) is 5.37. The van der Waals surface area contributed by atoms with Gasteiger partial charge in [0.2, 0.25) is 0 Å². The van der Waals surface area contributed by atoms with Gasteiger partial charge in [0.05, 0.1) is 5.60 Å². The first kappa shape index (κ1) is 13.9. The molecule has 3 heterocycles. The number of hydrogen-bond acceptors (Lipinski definition) is 5. The highest BCUT2D eigenvalue weighted by Gasteiger charge is 2.32. The molecule has 1 atom stereocenters. The Morgan fingerprint density at radius 1 is 1.33 bits per heavy atom. The molecule has 0 bridgehead atoms. The highest BCUT2D eigenvalue weighted by molar-refractivity contribution is 5.54. The molecule has 3 rings (SSSR count). The lowest BCUT2D eigenvalue weighted by Crippen LogP contribution is -2.30. The molecule has 0 aliphatic carbocycles. The van der Waals surface area contributed by atoms with Crippen molar-refractivity contribution in [1.82, 2.24) is 15.0 Å². The summed E-state index contributed by atoms with van der Waals surface area (Å²) in [6.07, 6.45) is 3.36. The van der Waals surface area contributed by atoms with Crippen LogP contribution in [0.5, 0.6) is 0 Å². The van der Waals surface area contributed by atoms with E-state index in [1.165, 1.54) is 0 Å². The lowest BCUT2D eigenvalue weighted by molar-refractivity contribution is 0.0839. The molecular weight excluding hydrogens is 264 g/mol. The second kappa shape index (κ2) is 5.41. The number of aryl methyl sites for hydroxylation is 1. The van der Waals surface area contributed by atoms with Crippen molar-refractivity contribution in [2.75, 3.05) is 18.0 Å². The van der Waals surface area contributed by atoms with E-state index in [0.29, 0.717) is 12.4 Å². The Kier molecular flexibility index (Phi) is 3.59. The van der Waals surface area contributed by atoms with Gasteiger partial charge in [0.15, 0.2) is 5.82 Å². The monoisotopic (exact) mass is 284 g/mol. The van der Waals surface area contributed by atoms with Crippen LogP contribution >= 0.6 is 0 Å². The third kappa shape index (κ3) is 3.03. The maximum absolute atomic E-state index is 10.1. The molecule has 0 spiro atoms. The molecule has 5 nitrogen and oxygen atoms in total. The van der Waals surface area contributed by atoms with Crippen LogP contribution in [0.2, 0.25) is 0 Å². The lowest BCUT2D eigenvalue weighted by Gasteiger charge is -2.20. The van der Waals surface area contributed by atoms with Crippen LogP contribution in [0.4, 0.5) is 5.82 Å². The molecule has 1 saturated heterocycles. The summed E-state index contributed by atoms with van der Waals surface area (Å²) in [5, 5.41) is 10.1. The smallest absolute Gasteiger partial charge is 0.180 e. The van der Waals surface area contributed by atoms with E-state index in [0.717, 1.165) is 36.6 Å². The molecule has 0 saturated carbocycles. The van der Waals surface area contributed by atoms with Gasteiger partial charge in [-0.25, -0.2) is 9.97 Å². The molecule has 110 valence electrons. The van der Waals surface area contributed by atoms with Crippen molar-refractivity contribution in [3.63, 3.8) is 0 Å².